The summed E-state index contributed by atoms with van der Waals surface area (Å²) in [7, 11) is 0. The smallest absolute Gasteiger partial charge is 0.351 e. The fourth-order valence-corrected chi connectivity index (χ4v) is 2.18. The fraction of sp³-hybridized carbons (Fsp3) is 0.333. The van der Waals surface area contributed by atoms with Gasteiger partial charge in [0, 0.05) is 17.8 Å². The molecule has 0 amide bonds. The van der Waals surface area contributed by atoms with E-state index < -0.39 is 11.7 Å². The Bertz CT molecular complexity index is 636. The number of hydrogen-bond donors (Lipinski definition) is 1. The molecule has 1 aromatic carbocycles. The predicted molar refractivity (Wildman–Crippen MR) is 73.7 cm³/mol. The summed E-state index contributed by atoms with van der Waals surface area (Å²) in [6.45, 7) is 0. The van der Waals surface area contributed by atoms with Crippen LogP contribution < -0.4 is 5.32 Å². The molecule has 0 aliphatic heterocycles. The standard InChI is InChI=1S/C15H14F3N3/c16-15(17,18)11-4-1-3-10(9-11)13-7-8-19-14(21-13)20-12-5-2-6-12/h1,3-4,7-9,12H,2,5-6H2,(H,19,20,21). The van der Waals surface area contributed by atoms with Gasteiger partial charge in [-0.05, 0) is 37.5 Å². The molecule has 2 aromatic rings. The van der Waals surface area contributed by atoms with Crippen LogP contribution in [0.25, 0.3) is 11.3 Å². The molecular weight excluding hydrogens is 279 g/mol. The normalized spacial score (nSPS) is 15.6. The SMILES string of the molecule is FC(F)(F)c1cccc(-c2ccnc(NC3CCC3)n2)c1. The van der Waals surface area contributed by atoms with Crippen molar-refractivity contribution in [2.75, 3.05) is 5.32 Å². The van der Waals surface area contributed by atoms with Crippen molar-refractivity contribution in [1.29, 1.82) is 0 Å². The topological polar surface area (TPSA) is 37.8 Å². The van der Waals surface area contributed by atoms with Crippen LogP contribution in [0.15, 0.2) is 36.5 Å². The van der Waals surface area contributed by atoms with Gasteiger partial charge >= 0.3 is 6.18 Å². The quantitative estimate of drug-likeness (QED) is 0.924. The average Bonchev–Trinajstić information content (AvgIpc) is 2.43. The number of aromatic nitrogens is 2. The monoisotopic (exact) mass is 293 g/mol. The van der Waals surface area contributed by atoms with E-state index in [-0.39, 0.29) is 0 Å². The molecule has 6 heteroatoms. The van der Waals surface area contributed by atoms with Crippen molar-refractivity contribution < 1.29 is 13.2 Å². The van der Waals surface area contributed by atoms with Crippen molar-refractivity contribution in [3.05, 3.63) is 42.1 Å². The van der Waals surface area contributed by atoms with Gasteiger partial charge in [-0.1, -0.05) is 12.1 Å². The van der Waals surface area contributed by atoms with Gasteiger partial charge in [-0.3, -0.25) is 0 Å². The maximum absolute atomic E-state index is 12.7. The van der Waals surface area contributed by atoms with Crippen LogP contribution in [0.5, 0.6) is 0 Å². The maximum atomic E-state index is 12.7. The summed E-state index contributed by atoms with van der Waals surface area (Å²) in [5.74, 6) is 0.467. The molecule has 1 heterocycles. The van der Waals surface area contributed by atoms with Gasteiger partial charge in [0.15, 0.2) is 0 Å². The minimum absolute atomic E-state index is 0.377. The highest BCUT2D eigenvalue weighted by Gasteiger charge is 2.30. The Kier molecular flexibility index (Phi) is 3.53. The van der Waals surface area contributed by atoms with E-state index in [9.17, 15) is 13.2 Å². The van der Waals surface area contributed by atoms with Crippen molar-refractivity contribution in [3.63, 3.8) is 0 Å². The second-order valence-corrected chi connectivity index (χ2v) is 5.12. The zero-order chi connectivity index (χ0) is 14.9. The van der Waals surface area contributed by atoms with Crippen LogP contribution in [0.3, 0.4) is 0 Å². The minimum Gasteiger partial charge on any atom is -0.351 e. The van der Waals surface area contributed by atoms with Gasteiger partial charge in [0.2, 0.25) is 5.95 Å². The molecule has 3 rings (SSSR count). The van der Waals surface area contributed by atoms with Gasteiger partial charge in [0.05, 0.1) is 11.3 Å². The Morgan fingerprint density at radius 2 is 1.95 bits per heavy atom. The maximum Gasteiger partial charge on any atom is 0.416 e. The summed E-state index contributed by atoms with van der Waals surface area (Å²) in [6, 6.07) is 7.15. The summed E-state index contributed by atoms with van der Waals surface area (Å²) in [6.07, 6.45) is 0.554. The van der Waals surface area contributed by atoms with Gasteiger partial charge < -0.3 is 5.32 Å². The summed E-state index contributed by atoms with van der Waals surface area (Å²) in [5, 5.41) is 3.19. The molecule has 0 spiro atoms. The number of anilines is 1. The van der Waals surface area contributed by atoms with E-state index in [1.54, 1.807) is 18.3 Å². The molecule has 0 atom stereocenters. The minimum atomic E-state index is -4.35. The Labute approximate surface area is 120 Å². The molecule has 1 aromatic heterocycles. The van der Waals surface area contributed by atoms with E-state index in [0.29, 0.717) is 23.2 Å². The molecule has 3 nitrogen and oxygen atoms in total. The predicted octanol–water partition coefficient (Wildman–Crippen LogP) is 4.13. The van der Waals surface area contributed by atoms with Gasteiger partial charge in [0.25, 0.3) is 0 Å². The lowest BCUT2D eigenvalue weighted by atomic mass is 9.93. The molecular formula is C15H14F3N3. The zero-order valence-electron chi connectivity index (χ0n) is 11.2. The average molecular weight is 293 g/mol. The Balaban J connectivity index is 1.87. The van der Waals surface area contributed by atoms with Crippen molar-refractivity contribution in [1.82, 2.24) is 9.97 Å². The van der Waals surface area contributed by atoms with E-state index in [1.165, 1.54) is 12.5 Å². The summed E-state index contributed by atoms with van der Waals surface area (Å²) in [4.78, 5) is 8.41. The first kappa shape index (κ1) is 13.9. The van der Waals surface area contributed by atoms with Crippen molar-refractivity contribution in [2.45, 2.75) is 31.5 Å². The van der Waals surface area contributed by atoms with Crippen LogP contribution in [0, 0.1) is 0 Å². The molecule has 1 fully saturated rings. The first-order valence-corrected chi connectivity index (χ1v) is 6.79. The number of alkyl halides is 3. The first-order valence-electron chi connectivity index (χ1n) is 6.79. The van der Waals surface area contributed by atoms with E-state index in [4.69, 9.17) is 0 Å². The van der Waals surface area contributed by atoms with Gasteiger partial charge in [0.1, 0.15) is 0 Å². The molecule has 0 radical (unpaired) electrons. The van der Waals surface area contributed by atoms with Crippen molar-refractivity contribution in [3.8, 4) is 11.3 Å². The molecule has 1 N–H and O–H groups in total. The molecule has 110 valence electrons. The van der Waals surface area contributed by atoms with Crippen LogP contribution in [-0.4, -0.2) is 16.0 Å². The van der Waals surface area contributed by atoms with Gasteiger partial charge in [-0.25, -0.2) is 9.97 Å². The number of rotatable bonds is 3. The molecule has 1 aliphatic rings. The van der Waals surface area contributed by atoms with E-state index >= 15 is 0 Å². The third-order valence-electron chi connectivity index (χ3n) is 3.58. The Morgan fingerprint density at radius 1 is 1.14 bits per heavy atom. The number of benzene rings is 1. The van der Waals surface area contributed by atoms with Gasteiger partial charge in [-0.2, -0.15) is 13.2 Å². The van der Waals surface area contributed by atoms with Gasteiger partial charge in [-0.15, -0.1) is 0 Å². The molecule has 0 saturated heterocycles. The van der Waals surface area contributed by atoms with Crippen LogP contribution in [0.4, 0.5) is 19.1 Å². The van der Waals surface area contributed by atoms with Crippen LogP contribution >= 0.6 is 0 Å². The number of nitrogens with one attached hydrogen (secondary N) is 1. The summed E-state index contributed by atoms with van der Waals surface area (Å²) >= 11 is 0. The largest absolute Gasteiger partial charge is 0.416 e. The van der Waals surface area contributed by atoms with Crippen LogP contribution in [-0.2, 0) is 6.18 Å². The third kappa shape index (κ3) is 3.15. The van der Waals surface area contributed by atoms with E-state index in [0.717, 1.165) is 25.0 Å². The number of nitrogens with zero attached hydrogens (tertiary/aromatic N) is 2. The molecule has 0 bridgehead atoms. The van der Waals surface area contributed by atoms with Crippen molar-refractivity contribution >= 4 is 5.95 Å². The highest BCUT2D eigenvalue weighted by molar-refractivity contribution is 5.61. The zero-order valence-corrected chi connectivity index (χ0v) is 11.2. The summed E-state index contributed by atoms with van der Waals surface area (Å²) in [5.41, 5.74) is 0.244. The highest BCUT2D eigenvalue weighted by Crippen LogP contribution is 2.32. The second kappa shape index (κ2) is 5.35. The van der Waals surface area contributed by atoms with E-state index in [2.05, 4.69) is 15.3 Å². The number of halogens is 3. The number of hydrogen-bond acceptors (Lipinski definition) is 3. The Morgan fingerprint density at radius 3 is 2.62 bits per heavy atom. The first-order chi connectivity index (χ1) is 10.0. The lowest BCUT2D eigenvalue weighted by Crippen LogP contribution is -2.28. The molecule has 0 unspecified atom stereocenters. The Hall–Kier alpha value is -2.11. The second-order valence-electron chi connectivity index (χ2n) is 5.12. The molecule has 1 saturated carbocycles. The van der Waals surface area contributed by atoms with E-state index in [1.807, 2.05) is 0 Å². The molecule has 1 aliphatic carbocycles. The summed E-state index contributed by atoms with van der Waals surface area (Å²) < 4.78 is 38.2. The molecule has 21 heavy (non-hydrogen) atoms. The highest BCUT2D eigenvalue weighted by atomic mass is 19.4. The van der Waals surface area contributed by atoms with Crippen molar-refractivity contribution in [2.24, 2.45) is 0 Å². The lowest BCUT2D eigenvalue weighted by Gasteiger charge is -2.26. The van der Waals surface area contributed by atoms with Crippen LogP contribution in [0.1, 0.15) is 24.8 Å². The lowest BCUT2D eigenvalue weighted by molar-refractivity contribution is -0.137. The third-order valence-corrected chi connectivity index (χ3v) is 3.58. The fourth-order valence-electron chi connectivity index (χ4n) is 2.18. The van der Waals surface area contributed by atoms with Crippen LogP contribution in [0.2, 0.25) is 0 Å².